The van der Waals surface area contributed by atoms with Crippen molar-refractivity contribution in [2.24, 2.45) is 0 Å². The molecule has 72 heavy (non-hydrogen) atoms. The summed E-state index contributed by atoms with van der Waals surface area (Å²) in [7, 11) is -2.88. The number of hydrogen-bond acceptors (Lipinski definition) is 15. The van der Waals surface area contributed by atoms with E-state index in [1.807, 2.05) is 18.2 Å². The molecule has 0 bridgehead atoms. The highest BCUT2D eigenvalue weighted by atomic mass is 32.1. The maximum Gasteiger partial charge on any atom is 0.269 e. The van der Waals surface area contributed by atoms with Gasteiger partial charge in [-0.25, -0.2) is 4.98 Å². The lowest BCUT2D eigenvalue weighted by molar-refractivity contribution is -0.136. The quantitative estimate of drug-likeness (QED) is 0.126. The van der Waals surface area contributed by atoms with E-state index in [-0.39, 0.29) is 59.3 Å². The van der Waals surface area contributed by atoms with E-state index < -0.39 is 42.3 Å². The number of piperazine rings is 1. The molecule has 5 amide bonds. The summed E-state index contributed by atoms with van der Waals surface area (Å²) in [5.41, 5.74) is 5.13. The first-order valence-corrected chi connectivity index (χ1v) is 25.9. The number of carbonyl (C=O) groups is 5. The van der Waals surface area contributed by atoms with Crippen LogP contribution in [0.15, 0.2) is 61.1 Å². The van der Waals surface area contributed by atoms with Crippen LogP contribution in [-0.4, -0.2) is 123 Å². The third-order valence-corrected chi connectivity index (χ3v) is 16.8. The van der Waals surface area contributed by atoms with Gasteiger partial charge in [0.1, 0.15) is 23.4 Å². The van der Waals surface area contributed by atoms with Gasteiger partial charge >= 0.3 is 0 Å². The van der Waals surface area contributed by atoms with Crippen LogP contribution in [0, 0.1) is 0 Å². The third kappa shape index (κ3) is 8.45. The van der Waals surface area contributed by atoms with Crippen molar-refractivity contribution in [1.29, 1.82) is 0 Å². The van der Waals surface area contributed by atoms with Crippen LogP contribution in [0.2, 0.25) is 0 Å². The Labute approximate surface area is 426 Å². The number of fused-ring (bicyclic) bond motifs is 4. The van der Waals surface area contributed by atoms with Gasteiger partial charge in [-0.1, -0.05) is 0 Å². The molecular formula is C54H60N10O7S. The maximum atomic E-state index is 14.5. The number of piperidine rings is 2. The summed E-state index contributed by atoms with van der Waals surface area (Å²) in [4.78, 5) is 91.5. The van der Waals surface area contributed by atoms with Gasteiger partial charge in [-0.3, -0.25) is 49.0 Å². The minimum Gasteiger partial charge on any atom is -0.479 e. The van der Waals surface area contributed by atoms with E-state index in [9.17, 15) is 29.1 Å². The Kier molecular flexibility index (Phi) is 11.4. The number of thiophene rings is 1. The number of nitrogens with zero attached hydrogens (tertiary/aromatic N) is 8. The minimum absolute atomic E-state index is 0.0648. The lowest BCUT2D eigenvalue weighted by Gasteiger charge is -2.48. The first-order chi connectivity index (χ1) is 35.8. The van der Waals surface area contributed by atoms with Crippen molar-refractivity contribution in [1.82, 2.24) is 30.1 Å². The molecule has 9 heterocycles. The molecule has 18 heteroatoms. The Morgan fingerprint density at radius 2 is 1.62 bits per heavy atom. The summed E-state index contributed by atoms with van der Waals surface area (Å²) in [5, 5.41) is 16.9. The van der Waals surface area contributed by atoms with E-state index in [0.29, 0.717) is 46.4 Å². The van der Waals surface area contributed by atoms with Crippen LogP contribution < -0.4 is 30.1 Å². The molecule has 0 radical (unpaired) electrons. The smallest absolute Gasteiger partial charge is 0.269 e. The van der Waals surface area contributed by atoms with Gasteiger partial charge in [-0.05, 0) is 138 Å². The molecule has 4 aromatic heterocycles. The van der Waals surface area contributed by atoms with Crippen LogP contribution in [0.4, 0.5) is 28.7 Å². The van der Waals surface area contributed by atoms with Gasteiger partial charge in [0.25, 0.3) is 17.7 Å². The molecule has 374 valence electrons. The molecule has 3 saturated heterocycles. The number of carbonyl (C=O) groups excluding carboxylic acids is 5. The Bertz CT molecular complexity index is 3140. The van der Waals surface area contributed by atoms with Crippen LogP contribution in [0.25, 0.3) is 11.1 Å². The Balaban J connectivity index is 0.791. The average molecular weight is 996 g/mol. The summed E-state index contributed by atoms with van der Waals surface area (Å²) < 4.78 is 30.0. The zero-order valence-corrected chi connectivity index (χ0v) is 41.7. The van der Waals surface area contributed by atoms with E-state index in [2.05, 4.69) is 44.2 Å². The second-order valence-electron chi connectivity index (χ2n) is 20.5. The SMILES string of the molecule is [2H]C([2H])([2H])Oc1nc(N2CCc3c(sc4c3CCCC4)C2=O)c(-c2ccncc2C(C)(C)O)cc1Nc1ccc(N2CCN(C3CCN(c4ccc5c(c4)C(=O)N(C4CCC(=O)NC4=O)C5=O)[C@H](C)C3)C[C@@H]2C)cn1. The highest BCUT2D eigenvalue weighted by Gasteiger charge is 2.45. The van der Waals surface area contributed by atoms with Crippen LogP contribution in [0.1, 0.15) is 122 Å². The molecule has 6 aliphatic rings. The van der Waals surface area contributed by atoms with Crippen molar-refractivity contribution in [3.05, 3.63) is 98.6 Å². The van der Waals surface area contributed by atoms with Gasteiger partial charge in [-0.2, -0.15) is 4.98 Å². The number of nitrogens with one attached hydrogen (secondary N) is 2. The van der Waals surface area contributed by atoms with Crippen molar-refractivity contribution >= 4 is 69.6 Å². The van der Waals surface area contributed by atoms with E-state index in [4.69, 9.17) is 18.8 Å². The Morgan fingerprint density at radius 1 is 0.819 bits per heavy atom. The molecule has 2 unspecified atom stereocenters. The largest absolute Gasteiger partial charge is 0.479 e. The summed E-state index contributed by atoms with van der Waals surface area (Å²) in [5.74, 6) is -1.88. The first-order valence-electron chi connectivity index (χ1n) is 26.5. The van der Waals surface area contributed by atoms with Crippen LogP contribution in [0.3, 0.4) is 0 Å². The van der Waals surface area contributed by atoms with Gasteiger partial charge in [-0.15, -0.1) is 11.3 Å². The zero-order valence-electron chi connectivity index (χ0n) is 43.9. The number of methoxy groups -OCH3 is 1. The third-order valence-electron chi connectivity index (χ3n) is 15.5. The molecule has 3 N–H and O–H groups in total. The topological polar surface area (TPSA) is 194 Å². The second kappa shape index (κ2) is 18.7. The van der Waals surface area contributed by atoms with Crippen molar-refractivity contribution in [2.75, 3.05) is 59.8 Å². The van der Waals surface area contributed by atoms with Gasteiger partial charge in [0.05, 0.1) is 44.6 Å². The lowest BCUT2D eigenvalue weighted by Crippen LogP contribution is -2.58. The average Bonchev–Trinajstić information content (AvgIpc) is 3.88. The fourth-order valence-corrected chi connectivity index (χ4v) is 13.3. The van der Waals surface area contributed by atoms with E-state index in [0.717, 1.165) is 86.5 Å². The number of imide groups is 2. The molecule has 4 atom stereocenters. The molecule has 3 fully saturated rings. The number of amides is 5. The fourth-order valence-electron chi connectivity index (χ4n) is 11.9. The van der Waals surface area contributed by atoms with Crippen molar-refractivity contribution in [2.45, 2.75) is 115 Å². The van der Waals surface area contributed by atoms with E-state index >= 15 is 0 Å². The van der Waals surface area contributed by atoms with E-state index in [1.165, 1.54) is 10.4 Å². The molecule has 1 aliphatic carbocycles. The number of rotatable bonds is 10. The summed E-state index contributed by atoms with van der Waals surface area (Å²) in [6.07, 6.45) is 11.7. The lowest BCUT2D eigenvalue weighted by atomic mass is 9.90. The number of anilines is 5. The number of aromatic nitrogens is 3. The molecule has 11 rings (SSSR count). The zero-order chi connectivity index (χ0) is 52.7. The van der Waals surface area contributed by atoms with Crippen LogP contribution in [0.5, 0.6) is 5.88 Å². The van der Waals surface area contributed by atoms with E-state index in [1.54, 1.807) is 72.9 Å². The summed E-state index contributed by atoms with van der Waals surface area (Å²) in [6, 6.07) is 12.2. The van der Waals surface area contributed by atoms with Gasteiger partial charge in [0, 0.05) is 91.4 Å². The normalized spacial score (nSPS) is 23.5. The van der Waals surface area contributed by atoms with Crippen LogP contribution >= 0.6 is 11.3 Å². The second-order valence-corrected chi connectivity index (χ2v) is 21.6. The monoisotopic (exact) mass is 995 g/mol. The predicted octanol–water partition coefficient (Wildman–Crippen LogP) is 6.63. The number of pyridine rings is 3. The molecule has 1 aromatic carbocycles. The maximum absolute atomic E-state index is 14.5. The number of aryl methyl sites for hydroxylation is 1. The number of benzene rings is 1. The number of hydrogen-bond donors (Lipinski definition) is 3. The fraction of sp³-hybridized carbons (Fsp3) is 0.444. The molecule has 0 spiro atoms. The summed E-state index contributed by atoms with van der Waals surface area (Å²) in [6.45, 7) is 11.2. The van der Waals surface area contributed by atoms with Crippen LogP contribution in [-0.2, 0) is 34.5 Å². The molecular weight excluding hydrogens is 933 g/mol. The molecule has 0 saturated carbocycles. The molecule has 17 nitrogen and oxygen atoms in total. The predicted molar refractivity (Wildman–Crippen MR) is 274 cm³/mol. The highest BCUT2D eigenvalue weighted by Crippen LogP contribution is 2.45. The number of aliphatic hydroxyl groups is 1. The van der Waals surface area contributed by atoms with Gasteiger partial charge in [0.2, 0.25) is 17.7 Å². The minimum atomic E-state index is -2.88. The van der Waals surface area contributed by atoms with Crippen molar-refractivity contribution in [3.8, 4) is 17.0 Å². The molecule has 5 aromatic rings. The highest BCUT2D eigenvalue weighted by molar-refractivity contribution is 7.14. The van der Waals surface area contributed by atoms with Gasteiger partial charge in [0.15, 0.2) is 0 Å². The summed E-state index contributed by atoms with van der Waals surface area (Å²) >= 11 is 1.55. The van der Waals surface area contributed by atoms with Crippen molar-refractivity contribution < 1.29 is 37.9 Å². The van der Waals surface area contributed by atoms with Gasteiger partial charge < -0.3 is 25.0 Å². The Hall–Kier alpha value is -6.76. The standard InChI is InChI=1S/C54H60N10O7S/c1-30-24-32(17-20-61(30)33-10-12-38-40(25-33)52(68)64(51(38)67)43-13-15-46(65)58-49(43)66)60-22-23-62(31(2)29-60)34-11-14-45(56-27-34)57-42-26-39(35-16-19-55-28-41(35)54(3,4)70)48(59-50(42)71-5)63-21-18-37-36-8-6-7-9-44(36)72-47(37)53(63)69/h10-12,14,16,19,25-28,30-32,43,70H,6-9,13,15,17-18,20-24,29H2,1-5H3,(H,56,57)(H,58,65,66)/t30-,31+,32?,43?/m1/s1/i5D3. The number of ether oxygens (including phenoxy) is 1. The van der Waals surface area contributed by atoms with Crippen molar-refractivity contribution in [3.63, 3.8) is 0 Å². The Morgan fingerprint density at radius 3 is 2.39 bits per heavy atom. The molecule has 5 aliphatic heterocycles. The first kappa shape index (κ1) is 44.0.